The van der Waals surface area contributed by atoms with E-state index in [0.717, 1.165) is 31.0 Å². The molecule has 0 unspecified atom stereocenters. The van der Waals surface area contributed by atoms with Gasteiger partial charge in [-0.05, 0) is 48.9 Å². The van der Waals surface area contributed by atoms with E-state index in [1.54, 1.807) is 0 Å². The lowest BCUT2D eigenvalue weighted by molar-refractivity contribution is -0.164. The van der Waals surface area contributed by atoms with Crippen LogP contribution in [0.4, 0.5) is 4.39 Å². The van der Waals surface area contributed by atoms with Gasteiger partial charge >= 0.3 is 0 Å². The van der Waals surface area contributed by atoms with Crippen molar-refractivity contribution in [2.75, 3.05) is 6.61 Å². The van der Waals surface area contributed by atoms with E-state index in [0.29, 0.717) is 6.42 Å². The van der Waals surface area contributed by atoms with E-state index in [1.807, 2.05) is 29.9 Å². The molecule has 3 fully saturated rings. The fraction of sp³-hybridized carbons (Fsp3) is 0.400. The summed E-state index contributed by atoms with van der Waals surface area (Å²) in [6, 6.07) is 7.76. The van der Waals surface area contributed by atoms with E-state index in [4.69, 9.17) is 16.3 Å². The van der Waals surface area contributed by atoms with Crippen molar-refractivity contribution < 1.29 is 18.7 Å². The number of Topliss-reactive ketones (excluding diaryl/α,β-unsaturated/α-hetero) is 1. The zero-order valence-corrected chi connectivity index (χ0v) is 15.7. The lowest BCUT2D eigenvalue weighted by atomic mass is 9.38. The molecule has 2 aromatic rings. The van der Waals surface area contributed by atoms with Crippen LogP contribution < -0.4 is 10.1 Å². The molecule has 27 heavy (non-hydrogen) atoms. The number of rotatable bonds is 7. The number of carbonyl (C=O) groups is 2. The number of ketones is 1. The molecule has 1 amide bonds. The number of ether oxygens (including phenoxy) is 1. The molecule has 5 rings (SSSR count). The number of hydrogen-bond donors (Lipinski definition) is 1. The van der Waals surface area contributed by atoms with Crippen molar-refractivity contribution >= 4 is 23.3 Å². The average molecular weight is 391 g/mol. The van der Waals surface area contributed by atoms with Gasteiger partial charge in [-0.2, -0.15) is 0 Å². The van der Waals surface area contributed by atoms with Gasteiger partial charge in [0.05, 0.1) is 10.7 Å². The highest BCUT2D eigenvalue weighted by Crippen LogP contribution is 2.69. The first-order valence-electron chi connectivity index (χ1n) is 8.83. The minimum Gasteiger partial charge on any atom is -0.484 e. The summed E-state index contributed by atoms with van der Waals surface area (Å²) in [7, 11) is 1.86. The molecule has 1 heterocycles. The molecule has 0 radical (unpaired) electrons. The van der Waals surface area contributed by atoms with Gasteiger partial charge in [-0.3, -0.25) is 9.59 Å². The molecule has 142 valence electrons. The monoisotopic (exact) mass is 390 g/mol. The summed E-state index contributed by atoms with van der Waals surface area (Å²) in [6.07, 6.45) is 4.83. The Kier molecular flexibility index (Phi) is 4.26. The second kappa shape index (κ2) is 6.37. The zero-order valence-electron chi connectivity index (χ0n) is 14.9. The molecule has 0 saturated heterocycles. The third-order valence-corrected chi connectivity index (χ3v) is 5.88. The Hall–Kier alpha value is -2.34. The zero-order chi connectivity index (χ0) is 19.2. The van der Waals surface area contributed by atoms with E-state index in [9.17, 15) is 14.0 Å². The molecule has 3 aliphatic carbocycles. The Balaban J connectivity index is 1.24. The minimum absolute atomic E-state index is 0.0101. The van der Waals surface area contributed by atoms with Gasteiger partial charge in [0.1, 0.15) is 11.6 Å². The standard InChI is InChI=1S/C20H20ClFN2O3/c1-24-6-2-3-16(24)17(25)8-19-10-20(11-19,12-19)23-18(26)9-27-13-4-5-14(21)15(22)7-13/h2-7H,8-12H2,1H3,(H,23,26). The van der Waals surface area contributed by atoms with Crippen LogP contribution in [0.25, 0.3) is 0 Å². The van der Waals surface area contributed by atoms with Crippen LogP contribution in [-0.4, -0.2) is 28.4 Å². The lowest BCUT2D eigenvalue weighted by Gasteiger charge is -2.70. The summed E-state index contributed by atoms with van der Waals surface area (Å²) in [5.41, 5.74) is 0.538. The van der Waals surface area contributed by atoms with Gasteiger partial charge in [0.2, 0.25) is 0 Å². The summed E-state index contributed by atoms with van der Waals surface area (Å²) in [4.78, 5) is 24.6. The molecule has 0 aliphatic heterocycles. The largest absolute Gasteiger partial charge is 0.484 e. The van der Waals surface area contributed by atoms with E-state index in [2.05, 4.69) is 5.32 Å². The Morgan fingerprint density at radius 3 is 2.67 bits per heavy atom. The van der Waals surface area contributed by atoms with Crippen LogP contribution in [0.2, 0.25) is 5.02 Å². The number of nitrogens with one attached hydrogen (secondary N) is 1. The van der Waals surface area contributed by atoms with Crippen LogP contribution in [0.1, 0.15) is 36.2 Å². The number of nitrogens with zero attached hydrogens (tertiary/aromatic N) is 1. The number of benzene rings is 1. The van der Waals surface area contributed by atoms with Gasteiger partial charge in [-0.25, -0.2) is 4.39 Å². The highest BCUT2D eigenvalue weighted by Gasteiger charge is 2.68. The highest BCUT2D eigenvalue weighted by molar-refractivity contribution is 6.30. The fourth-order valence-electron chi connectivity index (χ4n) is 4.55. The summed E-state index contributed by atoms with van der Waals surface area (Å²) >= 11 is 5.62. The van der Waals surface area contributed by atoms with Gasteiger partial charge in [-0.1, -0.05) is 11.6 Å². The van der Waals surface area contributed by atoms with Gasteiger partial charge in [0.25, 0.3) is 5.91 Å². The molecule has 7 heteroatoms. The third-order valence-electron chi connectivity index (χ3n) is 5.57. The van der Waals surface area contributed by atoms with Crippen molar-refractivity contribution in [1.29, 1.82) is 0 Å². The first kappa shape index (κ1) is 18.0. The van der Waals surface area contributed by atoms with E-state index < -0.39 is 5.82 Å². The fourth-order valence-corrected chi connectivity index (χ4v) is 4.67. The Morgan fingerprint density at radius 2 is 2.04 bits per heavy atom. The first-order chi connectivity index (χ1) is 12.8. The van der Waals surface area contributed by atoms with Crippen LogP contribution in [-0.2, 0) is 11.8 Å². The molecular formula is C20H20ClFN2O3. The topological polar surface area (TPSA) is 60.3 Å². The van der Waals surface area contributed by atoms with Crippen molar-refractivity contribution in [3.63, 3.8) is 0 Å². The maximum atomic E-state index is 13.4. The number of aryl methyl sites for hydroxylation is 1. The van der Waals surface area contributed by atoms with Crippen LogP contribution >= 0.6 is 11.6 Å². The maximum Gasteiger partial charge on any atom is 0.258 e. The molecule has 1 aromatic heterocycles. The molecule has 3 aliphatic rings. The average Bonchev–Trinajstić information content (AvgIpc) is 2.99. The summed E-state index contributed by atoms with van der Waals surface area (Å²) in [6.45, 7) is -0.182. The van der Waals surface area contributed by atoms with Crippen molar-refractivity contribution in [3.05, 3.63) is 53.1 Å². The smallest absolute Gasteiger partial charge is 0.258 e. The number of amides is 1. The Bertz CT molecular complexity index is 904. The molecule has 0 atom stereocenters. The third kappa shape index (κ3) is 3.34. The highest BCUT2D eigenvalue weighted by atomic mass is 35.5. The van der Waals surface area contributed by atoms with Gasteiger partial charge in [0.15, 0.2) is 12.4 Å². The van der Waals surface area contributed by atoms with Gasteiger partial charge in [-0.15, -0.1) is 0 Å². The molecule has 3 saturated carbocycles. The SMILES string of the molecule is Cn1cccc1C(=O)CC12CC(NC(=O)COc3ccc(Cl)c(F)c3)(C1)C2. The molecule has 5 nitrogen and oxygen atoms in total. The molecule has 1 N–H and O–H groups in total. The Labute approximate surface area is 161 Å². The molecule has 0 spiro atoms. The van der Waals surface area contributed by atoms with Crippen molar-refractivity contribution in [2.45, 2.75) is 31.2 Å². The predicted octanol–water partition coefficient (Wildman–Crippen LogP) is 3.51. The number of aromatic nitrogens is 1. The van der Waals surface area contributed by atoms with Crippen LogP contribution in [0.15, 0.2) is 36.5 Å². The van der Waals surface area contributed by atoms with Crippen molar-refractivity contribution in [2.24, 2.45) is 12.5 Å². The van der Waals surface area contributed by atoms with Gasteiger partial charge in [0, 0.05) is 31.3 Å². The minimum atomic E-state index is -0.584. The van der Waals surface area contributed by atoms with Gasteiger partial charge < -0.3 is 14.6 Å². The predicted molar refractivity (Wildman–Crippen MR) is 98.4 cm³/mol. The summed E-state index contributed by atoms with van der Waals surface area (Å²) < 4.78 is 20.5. The number of hydrogen-bond acceptors (Lipinski definition) is 3. The Morgan fingerprint density at radius 1 is 1.30 bits per heavy atom. The van der Waals surface area contributed by atoms with Crippen molar-refractivity contribution in [3.8, 4) is 5.75 Å². The van der Waals surface area contributed by atoms with E-state index >= 15 is 0 Å². The number of carbonyl (C=O) groups excluding carboxylic acids is 2. The quantitative estimate of drug-likeness (QED) is 0.736. The van der Waals surface area contributed by atoms with Crippen molar-refractivity contribution in [1.82, 2.24) is 9.88 Å². The van der Waals surface area contributed by atoms with Crippen LogP contribution in [0, 0.1) is 11.2 Å². The first-order valence-corrected chi connectivity index (χ1v) is 9.21. The number of halogens is 2. The lowest BCUT2D eigenvalue weighted by Crippen LogP contribution is -2.75. The summed E-state index contributed by atoms with van der Waals surface area (Å²) in [5, 5.41) is 3.01. The second-order valence-corrected chi connectivity index (χ2v) is 8.23. The normalized spacial score (nSPS) is 25.3. The second-order valence-electron chi connectivity index (χ2n) is 7.83. The molecule has 2 bridgehead atoms. The van der Waals surface area contributed by atoms with Crippen LogP contribution in [0.5, 0.6) is 5.75 Å². The summed E-state index contributed by atoms with van der Waals surface area (Å²) in [5.74, 6) is -0.421. The molecular weight excluding hydrogens is 371 g/mol. The maximum absolute atomic E-state index is 13.4. The van der Waals surface area contributed by atoms with E-state index in [1.165, 1.54) is 12.1 Å². The van der Waals surface area contributed by atoms with E-state index in [-0.39, 0.29) is 40.0 Å². The van der Waals surface area contributed by atoms with Crippen LogP contribution in [0.3, 0.4) is 0 Å². The molecule has 1 aromatic carbocycles.